The minimum absolute atomic E-state index is 0.193. The van der Waals surface area contributed by atoms with Crippen LogP contribution in [0.1, 0.15) is 38.5 Å². The second-order valence-electron chi connectivity index (χ2n) is 4.95. The molecule has 92 valence electrons. The first kappa shape index (κ1) is 12.2. The molecule has 0 radical (unpaired) electrons. The summed E-state index contributed by atoms with van der Waals surface area (Å²) >= 11 is 1.97. The Morgan fingerprint density at radius 1 is 1.25 bits per heavy atom. The number of carbonyl (C=O) groups excluding carboxylic acids is 1. The van der Waals surface area contributed by atoms with Gasteiger partial charge in [0.05, 0.1) is 6.04 Å². The molecule has 1 atom stereocenters. The van der Waals surface area contributed by atoms with Crippen molar-refractivity contribution in [1.82, 2.24) is 4.90 Å². The van der Waals surface area contributed by atoms with Gasteiger partial charge in [0.15, 0.2) is 0 Å². The molecule has 1 saturated heterocycles. The highest BCUT2D eigenvalue weighted by atomic mass is 32.2. The number of nitrogens with two attached hydrogens (primary N) is 1. The molecular formula is C12H22N2OS. The summed E-state index contributed by atoms with van der Waals surface area (Å²) in [4.78, 5) is 14.0. The van der Waals surface area contributed by atoms with Crippen LogP contribution in [-0.4, -0.2) is 40.9 Å². The fourth-order valence-electron chi connectivity index (χ4n) is 2.88. The zero-order valence-corrected chi connectivity index (χ0v) is 10.8. The summed E-state index contributed by atoms with van der Waals surface area (Å²) in [5.74, 6) is 0.193. The van der Waals surface area contributed by atoms with E-state index in [0.29, 0.717) is 6.04 Å². The summed E-state index contributed by atoms with van der Waals surface area (Å²) in [5, 5.41) is 0.810. The van der Waals surface area contributed by atoms with Crippen LogP contribution in [0.5, 0.6) is 0 Å². The summed E-state index contributed by atoms with van der Waals surface area (Å²) in [6.45, 7) is 0.932. The summed E-state index contributed by atoms with van der Waals surface area (Å²) < 4.78 is 0. The average molecular weight is 242 g/mol. The maximum atomic E-state index is 12.0. The van der Waals surface area contributed by atoms with E-state index in [1.54, 1.807) is 0 Å². The van der Waals surface area contributed by atoms with Crippen LogP contribution >= 0.6 is 11.8 Å². The van der Waals surface area contributed by atoms with Gasteiger partial charge in [0.25, 0.3) is 0 Å². The molecule has 1 saturated carbocycles. The van der Waals surface area contributed by atoms with Crippen LogP contribution in [0.4, 0.5) is 0 Å². The van der Waals surface area contributed by atoms with Crippen molar-refractivity contribution >= 4 is 17.7 Å². The van der Waals surface area contributed by atoms with Crippen LogP contribution in [0.15, 0.2) is 0 Å². The van der Waals surface area contributed by atoms with Crippen LogP contribution in [0.2, 0.25) is 0 Å². The SMILES string of the molecule is CSC1CCC(N2CCCC(N)C2=O)CC1. The molecule has 3 nitrogen and oxygen atoms in total. The summed E-state index contributed by atoms with van der Waals surface area (Å²) in [7, 11) is 0. The smallest absolute Gasteiger partial charge is 0.239 e. The van der Waals surface area contributed by atoms with E-state index in [1.807, 2.05) is 11.8 Å². The second-order valence-corrected chi connectivity index (χ2v) is 6.08. The number of hydrogen-bond acceptors (Lipinski definition) is 3. The quantitative estimate of drug-likeness (QED) is 0.800. The first-order valence-electron chi connectivity index (χ1n) is 6.31. The summed E-state index contributed by atoms with van der Waals surface area (Å²) in [6, 6.07) is 0.245. The number of amides is 1. The van der Waals surface area contributed by atoms with E-state index >= 15 is 0 Å². The van der Waals surface area contributed by atoms with E-state index in [4.69, 9.17) is 5.73 Å². The van der Waals surface area contributed by atoms with Gasteiger partial charge in [-0.3, -0.25) is 4.79 Å². The van der Waals surface area contributed by atoms with Gasteiger partial charge in [-0.1, -0.05) is 0 Å². The number of thioether (sulfide) groups is 1. The lowest BCUT2D eigenvalue weighted by molar-refractivity contribution is -0.138. The van der Waals surface area contributed by atoms with Gasteiger partial charge in [-0.2, -0.15) is 11.8 Å². The van der Waals surface area contributed by atoms with Gasteiger partial charge in [-0.05, 0) is 44.8 Å². The van der Waals surface area contributed by atoms with Crippen molar-refractivity contribution in [2.45, 2.75) is 55.9 Å². The van der Waals surface area contributed by atoms with Crippen LogP contribution in [0, 0.1) is 0 Å². The maximum Gasteiger partial charge on any atom is 0.239 e. The molecule has 1 unspecified atom stereocenters. The minimum atomic E-state index is -0.230. The van der Waals surface area contributed by atoms with Gasteiger partial charge in [0, 0.05) is 17.8 Å². The van der Waals surface area contributed by atoms with E-state index in [-0.39, 0.29) is 11.9 Å². The molecule has 2 N–H and O–H groups in total. The molecule has 1 aliphatic carbocycles. The second kappa shape index (κ2) is 5.41. The van der Waals surface area contributed by atoms with Crippen LogP contribution < -0.4 is 5.73 Å². The highest BCUT2D eigenvalue weighted by molar-refractivity contribution is 7.99. The van der Waals surface area contributed by atoms with Gasteiger partial charge >= 0.3 is 0 Å². The Morgan fingerprint density at radius 2 is 1.94 bits per heavy atom. The van der Waals surface area contributed by atoms with E-state index < -0.39 is 0 Å². The number of carbonyl (C=O) groups is 1. The van der Waals surface area contributed by atoms with Gasteiger partial charge in [-0.25, -0.2) is 0 Å². The Bertz CT molecular complexity index is 251. The normalized spacial score (nSPS) is 36.5. The zero-order chi connectivity index (χ0) is 11.5. The largest absolute Gasteiger partial charge is 0.338 e. The van der Waals surface area contributed by atoms with Gasteiger partial charge < -0.3 is 10.6 Å². The third kappa shape index (κ3) is 2.54. The molecular weight excluding hydrogens is 220 g/mol. The molecule has 0 aromatic heterocycles. The monoisotopic (exact) mass is 242 g/mol. The van der Waals surface area contributed by atoms with Crippen molar-refractivity contribution in [3.63, 3.8) is 0 Å². The van der Waals surface area contributed by atoms with Crippen LogP contribution in [0.25, 0.3) is 0 Å². The van der Waals surface area contributed by atoms with Crippen molar-refractivity contribution in [3.8, 4) is 0 Å². The van der Waals surface area contributed by atoms with Crippen molar-refractivity contribution in [2.75, 3.05) is 12.8 Å². The molecule has 1 heterocycles. The summed E-state index contributed by atoms with van der Waals surface area (Å²) in [6.07, 6.45) is 8.99. The third-order valence-corrected chi connectivity index (χ3v) is 5.07. The predicted octanol–water partition coefficient (Wildman–Crippen LogP) is 1.61. The number of likely N-dealkylation sites (tertiary alicyclic amines) is 1. The predicted molar refractivity (Wildman–Crippen MR) is 68.5 cm³/mol. The van der Waals surface area contributed by atoms with E-state index in [1.165, 1.54) is 25.7 Å². The Hall–Kier alpha value is -0.220. The molecule has 2 aliphatic rings. The molecule has 16 heavy (non-hydrogen) atoms. The Labute approximate surface area is 102 Å². The van der Waals surface area contributed by atoms with Gasteiger partial charge in [0.1, 0.15) is 0 Å². The molecule has 0 spiro atoms. The maximum absolute atomic E-state index is 12.0. The van der Waals surface area contributed by atoms with Crippen LogP contribution in [-0.2, 0) is 4.79 Å². The lowest BCUT2D eigenvalue weighted by atomic mass is 9.91. The molecule has 0 aromatic rings. The number of nitrogens with zero attached hydrogens (tertiary/aromatic N) is 1. The average Bonchev–Trinajstić information content (AvgIpc) is 2.33. The van der Waals surface area contributed by atoms with Crippen molar-refractivity contribution < 1.29 is 4.79 Å². The molecule has 0 bridgehead atoms. The van der Waals surface area contributed by atoms with Crippen molar-refractivity contribution in [2.24, 2.45) is 5.73 Å². The third-order valence-electron chi connectivity index (χ3n) is 3.93. The van der Waals surface area contributed by atoms with Crippen molar-refractivity contribution in [3.05, 3.63) is 0 Å². The van der Waals surface area contributed by atoms with Gasteiger partial charge in [0.2, 0.25) is 5.91 Å². The molecule has 2 rings (SSSR count). The van der Waals surface area contributed by atoms with Gasteiger partial charge in [-0.15, -0.1) is 0 Å². The summed E-state index contributed by atoms with van der Waals surface area (Å²) in [5.41, 5.74) is 5.83. The molecule has 2 fully saturated rings. The van der Waals surface area contributed by atoms with E-state index in [2.05, 4.69) is 11.2 Å². The lowest BCUT2D eigenvalue weighted by Crippen LogP contribution is -2.53. The van der Waals surface area contributed by atoms with Crippen LogP contribution in [0.3, 0.4) is 0 Å². The highest BCUT2D eigenvalue weighted by Crippen LogP contribution is 2.30. The highest BCUT2D eigenvalue weighted by Gasteiger charge is 2.33. The number of piperidine rings is 1. The van der Waals surface area contributed by atoms with E-state index in [0.717, 1.165) is 24.6 Å². The molecule has 0 aromatic carbocycles. The number of rotatable bonds is 2. The number of hydrogen-bond donors (Lipinski definition) is 1. The lowest BCUT2D eigenvalue weighted by Gasteiger charge is -2.40. The Morgan fingerprint density at radius 3 is 2.56 bits per heavy atom. The van der Waals surface area contributed by atoms with E-state index in [9.17, 15) is 4.79 Å². The zero-order valence-electron chi connectivity index (χ0n) is 10.0. The first-order valence-corrected chi connectivity index (χ1v) is 7.60. The van der Waals surface area contributed by atoms with Crippen molar-refractivity contribution in [1.29, 1.82) is 0 Å². The fraction of sp³-hybridized carbons (Fsp3) is 0.917. The minimum Gasteiger partial charge on any atom is -0.338 e. The molecule has 1 aliphatic heterocycles. The topological polar surface area (TPSA) is 46.3 Å². The Balaban J connectivity index is 1.90. The standard InChI is InChI=1S/C12H22N2OS/c1-16-10-6-4-9(5-7-10)14-8-2-3-11(13)12(14)15/h9-11H,2-8,13H2,1H3. The fourth-order valence-corrected chi connectivity index (χ4v) is 3.63. The molecule has 1 amide bonds. The molecule has 4 heteroatoms. The Kier molecular flexibility index (Phi) is 4.14. The first-order chi connectivity index (χ1) is 7.72.